The van der Waals surface area contributed by atoms with E-state index < -0.39 is 10.1 Å². The average molecular weight is 201 g/mol. The van der Waals surface area contributed by atoms with Crippen LogP contribution >= 0.6 is 0 Å². The number of nitrogens with two attached hydrogens (primary N) is 1. The van der Waals surface area contributed by atoms with E-state index in [1.54, 1.807) is 0 Å². The average Bonchev–Trinajstić information content (AvgIpc) is 2.04. The van der Waals surface area contributed by atoms with Crippen LogP contribution in [0.5, 0.6) is 0 Å². The fourth-order valence-corrected chi connectivity index (χ4v) is 1.23. The Balaban J connectivity index is 3.08. The van der Waals surface area contributed by atoms with Crippen molar-refractivity contribution in [3.63, 3.8) is 0 Å². The Morgan fingerprint density at radius 1 is 1.23 bits per heavy atom. The summed E-state index contributed by atoms with van der Waals surface area (Å²) in [6.45, 7) is 0. The maximum Gasteiger partial charge on any atom is 0.294 e. The van der Waals surface area contributed by atoms with Gasteiger partial charge in [-0.3, -0.25) is 4.55 Å². The van der Waals surface area contributed by atoms with Crippen LogP contribution in [0.25, 0.3) is 0 Å². The predicted octanol–water partition coefficient (Wildman–Crippen LogP) is 0.891. The number of hydrogen-bond acceptors (Lipinski definition) is 4. The van der Waals surface area contributed by atoms with Gasteiger partial charge in [0.15, 0.2) is 0 Å². The smallest absolute Gasteiger partial charge is 0.294 e. The van der Waals surface area contributed by atoms with E-state index in [0.29, 0.717) is 5.69 Å². The Labute approximate surface area is 74.8 Å². The van der Waals surface area contributed by atoms with Gasteiger partial charge in [0, 0.05) is 0 Å². The molecule has 0 saturated heterocycles. The van der Waals surface area contributed by atoms with Gasteiger partial charge in [0.25, 0.3) is 10.1 Å². The van der Waals surface area contributed by atoms with Crippen LogP contribution in [0.4, 0.5) is 5.69 Å². The van der Waals surface area contributed by atoms with Crippen LogP contribution in [-0.4, -0.2) is 13.0 Å². The SMILES string of the molecule is NN=Nc1ccc(S(=O)(=O)O)cc1. The molecule has 0 spiro atoms. The maximum absolute atomic E-state index is 10.6. The van der Waals surface area contributed by atoms with Crippen molar-refractivity contribution in [2.24, 2.45) is 16.2 Å². The highest BCUT2D eigenvalue weighted by Crippen LogP contribution is 2.15. The van der Waals surface area contributed by atoms with Gasteiger partial charge in [-0.1, -0.05) is 5.22 Å². The summed E-state index contributed by atoms with van der Waals surface area (Å²) in [7, 11) is -4.14. The van der Waals surface area contributed by atoms with Crippen molar-refractivity contribution in [3.05, 3.63) is 24.3 Å². The molecule has 1 aromatic rings. The molecular formula is C6H7N3O3S. The van der Waals surface area contributed by atoms with Crippen LogP contribution in [0.1, 0.15) is 0 Å². The van der Waals surface area contributed by atoms with Crippen LogP contribution in [0.15, 0.2) is 39.5 Å². The number of hydrogen-bond donors (Lipinski definition) is 2. The molecule has 7 heteroatoms. The summed E-state index contributed by atoms with van der Waals surface area (Å²) in [5.74, 6) is 4.78. The van der Waals surface area contributed by atoms with E-state index >= 15 is 0 Å². The quantitative estimate of drug-likeness (QED) is 0.321. The highest BCUT2D eigenvalue weighted by molar-refractivity contribution is 7.85. The van der Waals surface area contributed by atoms with Gasteiger partial charge >= 0.3 is 0 Å². The third-order valence-electron chi connectivity index (χ3n) is 1.31. The highest BCUT2D eigenvalue weighted by atomic mass is 32.2. The molecule has 1 aromatic carbocycles. The van der Waals surface area contributed by atoms with Crippen molar-refractivity contribution in [1.82, 2.24) is 0 Å². The first kappa shape index (κ1) is 9.62. The van der Waals surface area contributed by atoms with Crippen molar-refractivity contribution >= 4 is 15.8 Å². The van der Waals surface area contributed by atoms with Crippen molar-refractivity contribution in [3.8, 4) is 0 Å². The molecule has 0 atom stereocenters. The lowest BCUT2D eigenvalue weighted by Gasteiger charge is -1.95. The van der Waals surface area contributed by atoms with Gasteiger partial charge in [0.05, 0.1) is 10.6 Å². The number of nitrogens with zero attached hydrogens (tertiary/aromatic N) is 2. The van der Waals surface area contributed by atoms with Crippen molar-refractivity contribution in [1.29, 1.82) is 0 Å². The molecule has 0 heterocycles. The van der Waals surface area contributed by atoms with Crippen LogP contribution in [0.3, 0.4) is 0 Å². The third-order valence-corrected chi connectivity index (χ3v) is 2.18. The zero-order chi connectivity index (χ0) is 9.90. The fraction of sp³-hybridized carbons (Fsp3) is 0. The maximum atomic E-state index is 10.6. The molecule has 0 unspecified atom stereocenters. The van der Waals surface area contributed by atoms with E-state index in [1.807, 2.05) is 0 Å². The lowest BCUT2D eigenvalue weighted by molar-refractivity contribution is 0.483. The van der Waals surface area contributed by atoms with Crippen molar-refractivity contribution in [2.75, 3.05) is 0 Å². The molecule has 0 radical (unpaired) electrons. The van der Waals surface area contributed by atoms with Gasteiger partial charge in [-0.2, -0.15) is 8.42 Å². The minimum Gasteiger partial charge on any atom is -0.305 e. The normalized spacial score (nSPS) is 12.1. The van der Waals surface area contributed by atoms with Gasteiger partial charge < -0.3 is 5.84 Å². The second kappa shape index (κ2) is 3.50. The lowest BCUT2D eigenvalue weighted by atomic mass is 10.3. The molecule has 6 nitrogen and oxygen atoms in total. The number of benzene rings is 1. The second-order valence-corrected chi connectivity index (χ2v) is 3.61. The van der Waals surface area contributed by atoms with E-state index in [0.717, 1.165) is 0 Å². The van der Waals surface area contributed by atoms with Crippen LogP contribution in [-0.2, 0) is 10.1 Å². The largest absolute Gasteiger partial charge is 0.305 e. The Morgan fingerprint density at radius 3 is 2.15 bits per heavy atom. The van der Waals surface area contributed by atoms with Crippen molar-refractivity contribution < 1.29 is 13.0 Å². The highest BCUT2D eigenvalue weighted by Gasteiger charge is 2.07. The summed E-state index contributed by atoms with van der Waals surface area (Å²) in [6, 6.07) is 5.16. The molecule has 0 aliphatic heterocycles. The van der Waals surface area contributed by atoms with Gasteiger partial charge in [0.2, 0.25) is 0 Å². The third kappa shape index (κ3) is 2.49. The molecule has 0 aromatic heterocycles. The standard InChI is InChI=1S/C6H7N3O3S/c7-9-8-5-1-3-6(4-2-5)13(10,11)12/h1-4H,(H2,7,8)(H,10,11,12). The molecule has 0 aliphatic carbocycles. The monoisotopic (exact) mass is 201 g/mol. The Kier molecular flexibility index (Phi) is 2.59. The zero-order valence-corrected chi connectivity index (χ0v) is 7.27. The Bertz CT molecular complexity index is 409. The summed E-state index contributed by atoms with van der Waals surface area (Å²) >= 11 is 0. The van der Waals surface area contributed by atoms with E-state index in [4.69, 9.17) is 10.4 Å². The summed E-state index contributed by atoms with van der Waals surface area (Å²) in [5.41, 5.74) is 0.412. The second-order valence-electron chi connectivity index (χ2n) is 2.18. The number of rotatable bonds is 2. The first-order valence-electron chi connectivity index (χ1n) is 3.22. The Morgan fingerprint density at radius 2 is 1.77 bits per heavy atom. The lowest BCUT2D eigenvalue weighted by Crippen LogP contribution is -1.96. The molecule has 70 valence electrons. The first-order chi connectivity index (χ1) is 6.04. The minimum absolute atomic E-state index is 0.191. The van der Waals surface area contributed by atoms with E-state index in [1.165, 1.54) is 24.3 Å². The van der Waals surface area contributed by atoms with E-state index in [2.05, 4.69) is 10.3 Å². The molecule has 0 fully saturated rings. The summed E-state index contributed by atoms with van der Waals surface area (Å²) in [5, 5.41) is 6.47. The molecule has 3 N–H and O–H groups in total. The zero-order valence-electron chi connectivity index (χ0n) is 6.45. The molecule has 0 saturated carbocycles. The fourth-order valence-electron chi connectivity index (χ4n) is 0.751. The van der Waals surface area contributed by atoms with Gasteiger partial charge in [-0.15, -0.1) is 5.11 Å². The van der Waals surface area contributed by atoms with Gasteiger partial charge in [-0.05, 0) is 24.3 Å². The van der Waals surface area contributed by atoms with Crippen LogP contribution in [0, 0.1) is 0 Å². The summed E-state index contributed by atoms with van der Waals surface area (Å²) in [6.07, 6.45) is 0. The molecule has 0 bridgehead atoms. The Hall–Kier alpha value is -1.47. The molecule has 0 aliphatic rings. The van der Waals surface area contributed by atoms with Gasteiger partial charge in [0.1, 0.15) is 0 Å². The molecule has 13 heavy (non-hydrogen) atoms. The van der Waals surface area contributed by atoms with Gasteiger partial charge in [-0.25, -0.2) is 0 Å². The van der Waals surface area contributed by atoms with E-state index in [-0.39, 0.29) is 4.90 Å². The van der Waals surface area contributed by atoms with E-state index in [9.17, 15) is 8.42 Å². The topological polar surface area (TPSA) is 105 Å². The van der Waals surface area contributed by atoms with Crippen LogP contribution in [0.2, 0.25) is 0 Å². The van der Waals surface area contributed by atoms with Crippen molar-refractivity contribution in [2.45, 2.75) is 4.90 Å². The first-order valence-corrected chi connectivity index (χ1v) is 4.66. The minimum atomic E-state index is -4.14. The predicted molar refractivity (Wildman–Crippen MR) is 45.0 cm³/mol. The molecule has 0 amide bonds. The molecular weight excluding hydrogens is 194 g/mol. The molecule has 1 rings (SSSR count). The summed E-state index contributed by atoms with van der Waals surface area (Å²) in [4.78, 5) is -0.191. The summed E-state index contributed by atoms with van der Waals surface area (Å²) < 4.78 is 29.8. The van der Waals surface area contributed by atoms with Crippen LogP contribution < -0.4 is 5.84 Å².